The first-order valence-corrected chi connectivity index (χ1v) is 22.7. The molecular weight excluding hydrogens is 811 g/mol. The Morgan fingerprint density at radius 1 is 0.308 bits per heavy atom. The fraction of sp³-hybridized carbons (Fsp3) is 0. The highest BCUT2D eigenvalue weighted by molar-refractivity contribution is 7.25. The van der Waals surface area contributed by atoms with Crippen molar-refractivity contribution in [3.63, 3.8) is 0 Å². The Bertz CT molecular complexity index is 3860. The van der Waals surface area contributed by atoms with E-state index in [4.69, 9.17) is 15.0 Å². The molecular formula is C59H37N5S. The molecule has 9 aromatic carbocycles. The zero-order valence-electron chi connectivity index (χ0n) is 35.0. The van der Waals surface area contributed by atoms with E-state index in [-0.39, 0.29) is 0 Å². The van der Waals surface area contributed by atoms with Gasteiger partial charge in [-0.2, -0.15) is 0 Å². The molecule has 0 amide bonds. The molecule has 13 aromatic rings. The lowest BCUT2D eigenvalue weighted by Crippen LogP contribution is -1.99. The Kier molecular flexibility index (Phi) is 8.64. The first-order chi connectivity index (χ1) is 32.2. The fourth-order valence-corrected chi connectivity index (χ4v) is 10.5. The predicted octanol–water partition coefficient (Wildman–Crippen LogP) is 15.6. The second kappa shape index (κ2) is 15.1. The summed E-state index contributed by atoms with van der Waals surface area (Å²) in [7, 11) is 0. The summed E-state index contributed by atoms with van der Waals surface area (Å²) in [5.41, 5.74) is 14.6. The molecule has 4 aromatic heterocycles. The number of para-hydroxylation sites is 4. The van der Waals surface area contributed by atoms with E-state index in [0.29, 0.717) is 5.82 Å². The number of thiophene rings is 1. The van der Waals surface area contributed by atoms with Gasteiger partial charge >= 0.3 is 0 Å². The van der Waals surface area contributed by atoms with Crippen molar-refractivity contribution in [1.29, 1.82) is 0 Å². The molecule has 0 spiro atoms. The van der Waals surface area contributed by atoms with Gasteiger partial charge < -0.3 is 4.57 Å². The number of benzene rings is 9. The highest BCUT2D eigenvalue weighted by atomic mass is 32.1. The Labute approximate surface area is 378 Å². The Balaban J connectivity index is 0.910. The highest BCUT2D eigenvalue weighted by Crippen LogP contribution is 2.38. The minimum atomic E-state index is 0.660. The van der Waals surface area contributed by atoms with Crippen molar-refractivity contribution < 1.29 is 0 Å². The maximum Gasteiger partial charge on any atom is 0.160 e. The van der Waals surface area contributed by atoms with Crippen LogP contribution in [-0.4, -0.2) is 24.1 Å². The first kappa shape index (κ1) is 37.1. The van der Waals surface area contributed by atoms with Gasteiger partial charge in [-0.05, 0) is 96.1 Å². The van der Waals surface area contributed by atoms with Gasteiger partial charge in [0.2, 0.25) is 0 Å². The lowest BCUT2D eigenvalue weighted by Gasteiger charge is -2.13. The molecule has 13 rings (SSSR count). The lowest BCUT2D eigenvalue weighted by atomic mass is 10.00. The second-order valence-electron chi connectivity index (χ2n) is 16.4. The third kappa shape index (κ3) is 6.34. The number of nitrogens with zero attached hydrogens (tertiary/aromatic N) is 5. The number of fused-ring (bicyclic) bond motifs is 7. The Morgan fingerprint density at radius 3 is 1.51 bits per heavy atom. The second-order valence-corrected chi connectivity index (χ2v) is 17.5. The van der Waals surface area contributed by atoms with Crippen LogP contribution in [0.3, 0.4) is 0 Å². The van der Waals surface area contributed by atoms with Crippen LogP contribution in [-0.2, 0) is 0 Å². The van der Waals surface area contributed by atoms with Crippen molar-refractivity contribution in [1.82, 2.24) is 24.1 Å². The topological polar surface area (TPSA) is 48.5 Å². The molecule has 6 heteroatoms. The lowest BCUT2D eigenvalue weighted by molar-refractivity contribution is 1.10. The normalized spacial score (nSPS) is 11.7. The van der Waals surface area contributed by atoms with Crippen LogP contribution in [0.2, 0.25) is 0 Å². The van der Waals surface area contributed by atoms with E-state index in [2.05, 4.69) is 221 Å². The van der Waals surface area contributed by atoms with Crippen LogP contribution in [0.1, 0.15) is 0 Å². The van der Waals surface area contributed by atoms with E-state index in [0.717, 1.165) is 61.9 Å². The molecule has 0 radical (unpaired) electrons. The van der Waals surface area contributed by atoms with Crippen LogP contribution in [0.15, 0.2) is 224 Å². The SMILES string of the molecule is c1ccc(-c2nc3ccccc3n2-c2ccc(-c3nc(-c4ccc(-c5ccc6sc7ccccc7c6c5)cc4)cc(-c4ccc(-n5c6ccccc6c6ccccc65)cc4)n3)cc2)cc1. The van der Waals surface area contributed by atoms with Gasteiger partial charge in [0.25, 0.3) is 0 Å². The monoisotopic (exact) mass is 847 g/mol. The number of hydrogen-bond donors (Lipinski definition) is 0. The predicted molar refractivity (Wildman–Crippen MR) is 271 cm³/mol. The Morgan fingerprint density at radius 2 is 0.815 bits per heavy atom. The number of imidazole rings is 1. The summed E-state index contributed by atoms with van der Waals surface area (Å²) < 4.78 is 7.20. The van der Waals surface area contributed by atoms with Crippen molar-refractivity contribution in [3.8, 4) is 67.8 Å². The summed E-state index contributed by atoms with van der Waals surface area (Å²) >= 11 is 1.85. The molecule has 0 unspecified atom stereocenters. The minimum absolute atomic E-state index is 0.660. The summed E-state index contributed by atoms with van der Waals surface area (Å²) in [4.78, 5) is 15.6. The summed E-state index contributed by atoms with van der Waals surface area (Å²) in [5, 5.41) is 5.09. The third-order valence-corrected chi connectivity index (χ3v) is 13.7. The van der Waals surface area contributed by atoms with Crippen LogP contribution in [0.5, 0.6) is 0 Å². The van der Waals surface area contributed by atoms with Crippen LogP contribution in [0.4, 0.5) is 0 Å². The van der Waals surface area contributed by atoms with Gasteiger partial charge in [-0.1, -0.05) is 140 Å². The molecule has 4 heterocycles. The highest BCUT2D eigenvalue weighted by Gasteiger charge is 2.17. The minimum Gasteiger partial charge on any atom is -0.309 e. The van der Waals surface area contributed by atoms with Crippen LogP contribution >= 0.6 is 11.3 Å². The largest absolute Gasteiger partial charge is 0.309 e. The zero-order valence-corrected chi connectivity index (χ0v) is 35.8. The fourth-order valence-electron chi connectivity index (χ4n) is 9.42. The van der Waals surface area contributed by atoms with E-state index < -0.39 is 0 Å². The molecule has 0 bridgehead atoms. The van der Waals surface area contributed by atoms with E-state index in [1.807, 2.05) is 23.5 Å². The summed E-state index contributed by atoms with van der Waals surface area (Å²) in [5.74, 6) is 1.56. The summed E-state index contributed by atoms with van der Waals surface area (Å²) in [6.45, 7) is 0. The summed E-state index contributed by atoms with van der Waals surface area (Å²) in [6.07, 6.45) is 0. The van der Waals surface area contributed by atoms with Crippen molar-refractivity contribution in [3.05, 3.63) is 224 Å². The standard InChI is InChI=1S/C59H37N5S/c1-2-12-42(13-3-1)59-62-50-17-7-10-20-55(50)64(59)45-33-28-41(29-34-45)58-60-51(39-24-22-38(23-25-39)43-30-35-57-49(36-43)48-16-6-11-21-56(48)65-57)37-52(61-58)40-26-31-44(32-27-40)63-53-18-8-4-14-46(53)47-15-5-9-19-54(47)63/h1-37H. The molecule has 65 heavy (non-hydrogen) atoms. The van der Waals surface area contributed by atoms with Gasteiger partial charge in [0.1, 0.15) is 5.82 Å². The molecule has 0 fully saturated rings. The molecule has 5 nitrogen and oxygen atoms in total. The third-order valence-electron chi connectivity index (χ3n) is 12.6. The smallest absolute Gasteiger partial charge is 0.160 e. The van der Waals surface area contributed by atoms with Crippen LogP contribution in [0.25, 0.3) is 121 Å². The average Bonchev–Trinajstić information content (AvgIpc) is 4.07. The molecule has 0 saturated heterocycles. The molecule has 0 aliphatic rings. The van der Waals surface area contributed by atoms with Crippen molar-refractivity contribution >= 4 is 64.3 Å². The molecule has 0 saturated carbocycles. The first-order valence-electron chi connectivity index (χ1n) is 21.8. The van der Waals surface area contributed by atoms with Gasteiger partial charge in [-0.15, -0.1) is 11.3 Å². The summed E-state index contributed by atoms with van der Waals surface area (Å²) in [6, 6.07) is 79.6. The maximum absolute atomic E-state index is 5.28. The van der Waals surface area contributed by atoms with Crippen molar-refractivity contribution in [2.45, 2.75) is 0 Å². The van der Waals surface area contributed by atoms with Gasteiger partial charge in [0.05, 0.1) is 33.5 Å². The van der Waals surface area contributed by atoms with Gasteiger partial charge in [-0.3, -0.25) is 4.57 Å². The van der Waals surface area contributed by atoms with Crippen molar-refractivity contribution in [2.75, 3.05) is 0 Å². The van der Waals surface area contributed by atoms with E-state index in [9.17, 15) is 0 Å². The number of aromatic nitrogens is 5. The van der Waals surface area contributed by atoms with E-state index in [1.54, 1.807) is 0 Å². The molecule has 0 aliphatic heterocycles. The molecule has 304 valence electrons. The van der Waals surface area contributed by atoms with Gasteiger partial charge in [-0.25, -0.2) is 15.0 Å². The van der Waals surface area contributed by atoms with Crippen LogP contribution in [0, 0.1) is 0 Å². The van der Waals surface area contributed by atoms with Gasteiger partial charge in [0, 0.05) is 64.6 Å². The number of rotatable bonds is 7. The molecule has 0 N–H and O–H groups in total. The van der Waals surface area contributed by atoms with Crippen molar-refractivity contribution in [2.24, 2.45) is 0 Å². The molecule has 0 atom stereocenters. The number of hydrogen-bond acceptors (Lipinski definition) is 4. The molecule has 0 aliphatic carbocycles. The van der Waals surface area contributed by atoms with Crippen LogP contribution < -0.4 is 0 Å². The maximum atomic E-state index is 5.28. The Hall–Kier alpha value is -8.45. The quantitative estimate of drug-likeness (QED) is 0.161. The van der Waals surface area contributed by atoms with Gasteiger partial charge in [0.15, 0.2) is 5.82 Å². The van der Waals surface area contributed by atoms with E-state index in [1.165, 1.54) is 53.1 Å². The zero-order chi connectivity index (χ0) is 42.8. The average molecular weight is 848 g/mol. The van der Waals surface area contributed by atoms with E-state index >= 15 is 0 Å².